The van der Waals surface area contributed by atoms with E-state index in [4.69, 9.17) is 18.6 Å². The number of hydrogen-bond donors (Lipinski definition) is 0. The fraction of sp³-hybridized carbons (Fsp3) is 0.222. The van der Waals surface area contributed by atoms with Crippen LogP contribution in [0.3, 0.4) is 0 Å². The van der Waals surface area contributed by atoms with Crippen LogP contribution in [-0.2, 0) is 6.54 Å². The molecule has 25 heavy (non-hydrogen) atoms. The number of para-hydroxylation sites is 1. The Labute approximate surface area is 144 Å². The molecule has 0 saturated heterocycles. The molecule has 0 radical (unpaired) electrons. The van der Waals surface area contributed by atoms with Crippen LogP contribution in [0.1, 0.15) is 0 Å². The van der Waals surface area contributed by atoms with Crippen molar-refractivity contribution in [2.75, 3.05) is 20.8 Å². The zero-order valence-electron chi connectivity index (χ0n) is 14.0. The monoisotopic (exact) mass is 342 g/mol. The first-order valence-electron chi connectivity index (χ1n) is 7.70. The van der Waals surface area contributed by atoms with Crippen LogP contribution < -0.4 is 20.0 Å². The summed E-state index contributed by atoms with van der Waals surface area (Å²) in [6.07, 6.45) is 0. The second-order valence-electron chi connectivity index (χ2n) is 5.10. The summed E-state index contributed by atoms with van der Waals surface area (Å²) in [7, 11) is 3.10. The number of rotatable bonds is 7. The van der Waals surface area contributed by atoms with E-state index >= 15 is 0 Å². The summed E-state index contributed by atoms with van der Waals surface area (Å²) in [4.78, 5) is 11.9. The van der Waals surface area contributed by atoms with Crippen LogP contribution in [-0.4, -0.2) is 30.6 Å². The molecule has 3 aromatic rings. The van der Waals surface area contributed by atoms with Gasteiger partial charge in [-0.15, -0.1) is 5.10 Å². The van der Waals surface area contributed by atoms with Gasteiger partial charge in [0, 0.05) is 5.56 Å². The minimum Gasteiger partial charge on any atom is -0.493 e. The smallest absolute Gasteiger partial charge is 0.437 e. The third kappa shape index (κ3) is 3.65. The molecule has 0 saturated carbocycles. The molecular formula is C18H18N2O5. The van der Waals surface area contributed by atoms with Crippen molar-refractivity contribution in [3.8, 4) is 28.7 Å². The van der Waals surface area contributed by atoms with Gasteiger partial charge in [0.05, 0.1) is 20.8 Å². The lowest BCUT2D eigenvalue weighted by Gasteiger charge is -2.13. The van der Waals surface area contributed by atoms with E-state index in [1.807, 2.05) is 30.3 Å². The topological polar surface area (TPSA) is 75.7 Å². The molecule has 0 aliphatic carbocycles. The quantitative estimate of drug-likeness (QED) is 0.657. The van der Waals surface area contributed by atoms with Crippen LogP contribution in [0.15, 0.2) is 57.7 Å². The van der Waals surface area contributed by atoms with Crippen LogP contribution in [0.25, 0.3) is 11.5 Å². The summed E-state index contributed by atoms with van der Waals surface area (Å²) in [6, 6.07) is 14.6. The predicted molar refractivity (Wildman–Crippen MR) is 91.2 cm³/mol. The van der Waals surface area contributed by atoms with Gasteiger partial charge < -0.3 is 18.6 Å². The van der Waals surface area contributed by atoms with Gasteiger partial charge in [-0.1, -0.05) is 24.3 Å². The molecule has 1 heterocycles. The lowest BCUT2D eigenvalue weighted by atomic mass is 10.2. The van der Waals surface area contributed by atoms with Crippen molar-refractivity contribution in [1.82, 2.24) is 9.78 Å². The van der Waals surface area contributed by atoms with Gasteiger partial charge in [0.1, 0.15) is 6.61 Å². The maximum atomic E-state index is 11.9. The molecule has 2 aromatic carbocycles. The first-order valence-corrected chi connectivity index (χ1v) is 7.70. The number of benzene rings is 2. The highest BCUT2D eigenvalue weighted by atomic mass is 16.5. The van der Waals surface area contributed by atoms with E-state index in [0.29, 0.717) is 17.2 Å². The summed E-state index contributed by atoms with van der Waals surface area (Å²) < 4.78 is 22.7. The summed E-state index contributed by atoms with van der Waals surface area (Å²) in [5, 5.41) is 4.19. The Kier molecular flexibility index (Phi) is 5.03. The molecule has 0 bridgehead atoms. The first kappa shape index (κ1) is 16.6. The van der Waals surface area contributed by atoms with Crippen molar-refractivity contribution < 1.29 is 18.6 Å². The number of nitrogens with zero attached hydrogens (tertiary/aromatic N) is 2. The highest BCUT2D eigenvalue weighted by Gasteiger charge is 2.13. The second kappa shape index (κ2) is 7.57. The molecule has 0 N–H and O–H groups in total. The van der Waals surface area contributed by atoms with E-state index in [9.17, 15) is 4.79 Å². The van der Waals surface area contributed by atoms with E-state index < -0.39 is 5.76 Å². The Balaban J connectivity index is 1.71. The van der Waals surface area contributed by atoms with Crippen molar-refractivity contribution in [2.24, 2.45) is 0 Å². The molecule has 0 atom stereocenters. The molecule has 0 aliphatic heterocycles. The van der Waals surface area contributed by atoms with Gasteiger partial charge in [0.2, 0.25) is 11.6 Å². The van der Waals surface area contributed by atoms with Crippen LogP contribution >= 0.6 is 0 Å². The van der Waals surface area contributed by atoms with Crippen LogP contribution in [0.4, 0.5) is 0 Å². The minimum atomic E-state index is -0.533. The molecule has 0 fully saturated rings. The Morgan fingerprint density at radius 2 is 1.68 bits per heavy atom. The van der Waals surface area contributed by atoms with E-state index in [-0.39, 0.29) is 19.0 Å². The Hall–Kier alpha value is -3.22. The summed E-state index contributed by atoms with van der Waals surface area (Å²) >= 11 is 0. The average Bonchev–Trinajstić information content (AvgIpc) is 3.03. The largest absolute Gasteiger partial charge is 0.493 e. The standard InChI is InChI=1S/C18H18N2O5/c1-22-14-9-6-10-15(23-2)16(14)24-12-11-20-18(21)25-17(19-20)13-7-4-3-5-8-13/h3-10H,11-12H2,1-2H3. The minimum absolute atomic E-state index is 0.206. The average molecular weight is 342 g/mol. The van der Waals surface area contributed by atoms with Crippen LogP contribution in [0.2, 0.25) is 0 Å². The second-order valence-corrected chi connectivity index (χ2v) is 5.10. The predicted octanol–water partition coefficient (Wildman–Crippen LogP) is 2.60. The van der Waals surface area contributed by atoms with Gasteiger partial charge in [0.25, 0.3) is 0 Å². The first-order chi connectivity index (χ1) is 12.2. The van der Waals surface area contributed by atoms with E-state index in [1.54, 1.807) is 32.4 Å². The van der Waals surface area contributed by atoms with Gasteiger partial charge in [-0.05, 0) is 24.3 Å². The maximum absolute atomic E-state index is 11.9. The maximum Gasteiger partial charge on any atom is 0.437 e. The molecule has 0 aliphatic rings. The van der Waals surface area contributed by atoms with Crippen molar-refractivity contribution in [3.05, 3.63) is 59.1 Å². The van der Waals surface area contributed by atoms with E-state index in [2.05, 4.69) is 5.10 Å². The SMILES string of the molecule is COc1cccc(OC)c1OCCn1nc(-c2ccccc2)oc1=O. The molecule has 1 aromatic heterocycles. The summed E-state index contributed by atoms with van der Waals surface area (Å²) in [6.45, 7) is 0.438. The fourth-order valence-corrected chi connectivity index (χ4v) is 2.34. The Morgan fingerprint density at radius 1 is 1.00 bits per heavy atom. The Morgan fingerprint density at radius 3 is 2.32 bits per heavy atom. The highest BCUT2D eigenvalue weighted by Crippen LogP contribution is 2.36. The Bertz CT molecular complexity index is 864. The zero-order chi connectivity index (χ0) is 17.6. The summed E-state index contributed by atoms with van der Waals surface area (Å²) in [5.74, 6) is 1.33. The number of methoxy groups -OCH3 is 2. The molecule has 130 valence electrons. The molecule has 0 spiro atoms. The summed E-state index contributed by atoms with van der Waals surface area (Å²) in [5.41, 5.74) is 0.741. The van der Waals surface area contributed by atoms with E-state index in [0.717, 1.165) is 5.56 Å². The van der Waals surface area contributed by atoms with Gasteiger partial charge in [-0.2, -0.15) is 4.68 Å². The van der Waals surface area contributed by atoms with Gasteiger partial charge >= 0.3 is 5.76 Å². The number of hydrogen-bond acceptors (Lipinski definition) is 6. The molecule has 7 nitrogen and oxygen atoms in total. The highest BCUT2D eigenvalue weighted by molar-refractivity contribution is 5.52. The lowest BCUT2D eigenvalue weighted by Crippen LogP contribution is -2.20. The molecule has 3 rings (SSSR count). The number of aromatic nitrogens is 2. The number of ether oxygens (including phenoxy) is 3. The van der Waals surface area contributed by atoms with Crippen molar-refractivity contribution >= 4 is 0 Å². The van der Waals surface area contributed by atoms with Crippen molar-refractivity contribution in [3.63, 3.8) is 0 Å². The van der Waals surface area contributed by atoms with Gasteiger partial charge in [-0.25, -0.2) is 4.79 Å². The van der Waals surface area contributed by atoms with Crippen molar-refractivity contribution in [2.45, 2.75) is 6.54 Å². The third-order valence-corrected chi connectivity index (χ3v) is 3.56. The van der Waals surface area contributed by atoms with E-state index in [1.165, 1.54) is 4.68 Å². The normalized spacial score (nSPS) is 10.5. The van der Waals surface area contributed by atoms with Gasteiger partial charge in [0.15, 0.2) is 11.5 Å². The lowest BCUT2D eigenvalue weighted by molar-refractivity contribution is 0.255. The fourth-order valence-electron chi connectivity index (χ4n) is 2.34. The third-order valence-electron chi connectivity index (χ3n) is 3.56. The zero-order valence-corrected chi connectivity index (χ0v) is 14.0. The van der Waals surface area contributed by atoms with Crippen LogP contribution in [0.5, 0.6) is 17.2 Å². The molecule has 7 heteroatoms. The molecular weight excluding hydrogens is 324 g/mol. The van der Waals surface area contributed by atoms with Gasteiger partial charge in [-0.3, -0.25) is 0 Å². The molecule has 0 unspecified atom stereocenters. The van der Waals surface area contributed by atoms with Crippen LogP contribution in [0, 0.1) is 0 Å². The van der Waals surface area contributed by atoms with Crippen molar-refractivity contribution in [1.29, 1.82) is 0 Å². The molecule has 0 amide bonds.